The number of aromatic nitrogens is 1. The molecule has 0 spiro atoms. The summed E-state index contributed by atoms with van der Waals surface area (Å²) in [6.45, 7) is 3.73. The molecule has 0 radical (unpaired) electrons. The Labute approximate surface area is 122 Å². The van der Waals surface area contributed by atoms with E-state index in [1.54, 1.807) is 13.8 Å². The van der Waals surface area contributed by atoms with Gasteiger partial charge in [-0.3, -0.25) is 0 Å². The van der Waals surface area contributed by atoms with Crippen molar-refractivity contribution in [3.05, 3.63) is 11.5 Å². The molecule has 2 rings (SSSR count). The first-order chi connectivity index (χ1) is 8.90. The number of halogens is 1. The first-order valence-electron chi connectivity index (χ1n) is 6.46. The van der Waals surface area contributed by atoms with Crippen LogP contribution in [0.15, 0.2) is 9.42 Å². The molecule has 1 heterocycles. The standard InChI is InChI=1S/C12H19BrN2O3S/c1-8-12(9(2)18-15-8)19(16,17)14-7-10-4-3-5-11(13)6-10/h10-11,14H,3-7H2,1-2H3. The van der Waals surface area contributed by atoms with E-state index in [0.29, 0.717) is 28.7 Å². The van der Waals surface area contributed by atoms with Crippen LogP contribution in [0, 0.1) is 19.8 Å². The van der Waals surface area contributed by atoms with Gasteiger partial charge in [0.05, 0.1) is 0 Å². The second-order valence-electron chi connectivity index (χ2n) is 5.14. The number of hydrogen-bond donors (Lipinski definition) is 1. The van der Waals surface area contributed by atoms with Gasteiger partial charge in [-0.2, -0.15) is 0 Å². The van der Waals surface area contributed by atoms with E-state index in [1.807, 2.05) is 0 Å². The number of nitrogens with zero attached hydrogens (tertiary/aromatic N) is 1. The molecule has 7 heteroatoms. The Balaban J connectivity index is 2.02. The number of hydrogen-bond acceptors (Lipinski definition) is 4. The molecule has 19 heavy (non-hydrogen) atoms. The first-order valence-corrected chi connectivity index (χ1v) is 8.86. The highest BCUT2D eigenvalue weighted by Gasteiger charge is 2.26. The lowest BCUT2D eigenvalue weighted by atomic mass is 9.89. The molecule has 1 saturated carbocycles. The van der Waals surface area contributed by atoms with Crippen molar-refractivity contribution in [1.29, 1.82) is 0 Å². The smallest absolute Gasteiger partial charge is 0.245 e. The Morgan fingerprint density at radius 1 is 1.42 bits per heavy atom. The lowest BCUT2D eigenvalue weighted by Crippen LogP contribution is -2.32. The molecule has 1 aliphatic carbocycles. The zero-order valence-electron chi connectivity index (χ0n) is 11.1. The van der Waals surface area contributed by atoms with Gasteiger partial charge in [0, 0.05) is 11.4 Å². The average Bonchev–Trinajstić information content (AvgIpc) is 2.67. The monoisotopic (exact) mass is 350 g/mol. The molecule has 0 aliphatic heterocycles. The van der Waals surface area contributed by atoms with Crippen LogP contribution in [0.5, 0.6) is 0 Å². The van der Waals surface area contributed by atoms with Gasteiger partial charge in [0.15, 0.2) is 5.76 Å². The Hall–Kier alpha value is -0.400. The van der Waals surface area contributed by atoms with Crippen molar-refractivity contribution in [2.24, 2.45) is 5.92 Å². The normalized spacial score (nSPS) is 24.6. The maximum absolute atomic E-state index is 12.2. The minimum atomic E-state index is -3.52. The Bertz CT molecular complexity index is 522. The summed E-state index contributed by atoms with van der Waals surface area (Å²) < 4.78 is 32.1. The van der Waals surface area contributed by atoms with Crippen molar-refractivity contribution in [2.75, 3.05) is 6.54 Å². The molecule has 1 fully saturated rings. The summed E-state index contributed by atoms with van der Waals surface area (Å²) in [6.07, 6.45) is 4.41. The quantitative estimate of drug-likeness (QED) is 0.846. The summed E-state index contributed by atoms with van der Waals surface area (Å²) in [7, 11) is -3.52. The molecule has 0 bridgehead atoms. The van der Waals surface area contributed by atoms with Crippen molar-refractivity contribution in [3.63, 3.8) is 0 Å². The van der Waals surface area contributed by atoms with Crippen LogP contribution < -0.4 is 4.72 Å². The summed E-state index contributed by atoms with van der Waals surface area (Å²) >= 11 is 3.61. The third-order valence-electron chi connectivity index (χ3n) is 3.52. The van der Waals surface area contributed by atoms with Crippen molar-refractivity contribution in [2.45, 2.75) is 49.3 Å². The van der Waals surface area contributed by atoms with Gasteiger partial charge in [0.1, 0.15) is 10.6 Å². The number of alkyl halides is 1. The fourth-order valence-electron chi connectivity index (χ4n) is 2.57. The molecule has 0 saturated heterocycles. The van der Waals surface area contributed by atoms with Gasteiger partial charge in [-0.1, -0.05) is 27.5 Å². The Kier molecular flexibility index (Phi) is 4.68. The number of nitrogens with one attached hydrogen (secondary N) is 1. The summed E-state index contributed by atoms with van der Waals surface area (Å²) in [5, 5.41) is 3.69. The predicted molar refractivity (Wildman–Crippen MR) is 75.8 cm³/mol. The molecule has 0 amide bonds. The Morgan fingerprint density at radius 2 is 2.16 bits per heavy atom. The largest absolute Gasteiger partial charge is 0.360 e. The fourth-order valence-corrected chi connectivity index (χ4v) is 4.86. The summed E-state index contributed by atoms with van der Waals surface area (Å²) in [5.41, 5.74) is 0.409. The average molecular weight is 351 g/mol. The SMILES string of the molecule is Cc1noc(C)c1S(=O)(=O)NCC1CCCC(Br)C1. The van der Waals surface area contributed by atoms with E-state index < -0.39 is 10.0 Å². The van der Waals surface area contributed by atoms with Crippen molar-refractivity contribution >= 4 is 26.0 Å². The van der Waals surface area contributed by atoms with Crippen LogP contribution in [-0.4, -0.2) is 24.9 Å². The topological polar surface area (TPSA) is 72.2 Å². The molecule has 5 nitrogen and oxygen atoms in total. The number of sulfonamides is 1. The lowest BCUT2D eigenvalue weighted by molar-refractivity contribution is 0.367. The summed E-state index contributed by atoms with van der Waals surface area (Å²) in [5.74, 6) is 0.736. The van der Waals surface area contributed by atoms with E-state index in [1.165, 1.54) is 6.42 Å². The molecular weight excluding hydrogens is 332 g/mol. The van der Waals surface area contributed by atoms with Crippen molar-refractivity contribution in [1.82, 2.24) is 9.88 Å². The van der Waals surface area contributed by atoms with Gasteiger partial charge < -0.3 is 4.52 Å². The maximum Gasteiger partial charge on any atom is 0.245 e. The molecule has 0 aromatic carbocycles. The van der Waals surface area contributed by atoms with Gasteiger partial charge in [0.25, 0.3) is 0 Å². The van der Waals surface area contributed by atoms with E-state index in [2.05, 4.69) is 25.8 Å². The molecular formula is C12H19BrN2O3S. The minimum Gasteiger partial charge on any atom is -0.360 e. The highest BCUT2D eigenvalue weighted by Crippen LogP contribution is 2.29. The van der Waals surface area contributed by atoms with E-state index in [9.17, 15) is 8.42 Å². The molecule has 1 aromatic heterocycles. The van der Waals surface area contributed by atoms with Crippen LogP contribution in [-0.2, 0) is 10.0 Å². The molecule has 1 aliphatic rings. The summed E-state index contributed by atoms with van der Waals surface area (Å²) in [4.78, 5) is 0.688. The van der Waals surface area contributed by atoms with Gasteiger partial charge in [0.2, 0.25) is 10.0 Å². The minimum absolute atomic E-state index is 0.179. The van der Waals surface area contributed by atoms with Crippen LogP contribution in [0.25, 0.3) is 0 Å². The summed E-state index contributed by atoms with van der Waals surface area (Å²) in [6, 6.07) is 0. The van der Waals surface area contributed by atoms with Gasteiger partial charge in [-0.15, -0.1) is 0 Å². The predicted octanol–water partition coefficient (Wildman–Crippen LogP) is 2.52. The Morgan fingerprint density at radius 3 is 2.74 bits per heavy atom. The van der Waals surface area contributed by atoms with Crippen LogP contribution in [0.1, 0.15) is 37.1 Å². The van der Waals surface area contributed by atoms with E-state index in [0.717, 1.165) is 19.3 Å². The highest BCUT2D eigenvalue weighted by atomic mass is 79.9. The highest BCUT2D eigenvalue weighted by molar-refractivity contribution is 9.09. The van der Waals surface area contributed by atoms with Crippen molar-refractivity contribution in [3.8, 4) is 0 Å². The second kappa shape index (κ2) is 5.93. The number of rotatable bonds is 4. The third kappa shape index (κ3) is 3.58. The molecule has 108 valence electrons. The maximum atomic E-state index is 12.2. The van der Waals surface area contributed by atoms with Crippen LogP contribution in [0.3, 0.4) is 0 Å². The van der Waals surface area contributed by atoms with Crippen LogP contribution in [0.4, 0.5) is 0 Å². The fraction of sp³-hybridized carbons (Fsp3) is 0.750. The number of aryl methyl sites for hydroxylation is 2. The van der Waals surface area contributed by atoms with Crippen LogP contribution >= 0.6 is 15.9 Å². The molecule has 2 atom stereocenters. The lowest BCUT2D eigenvalue weighted by Gasteiger charge is -2.25. The van der Waals surface area contributed by atoms with Gasteiger partial charge in [-0.25, -0.2) is 13.1 Å². The first kappa shape index (κ1) is 15.0. The van der Waals surface area contributed by atoms with Crippen LogP contribution in [0.2, 0.25) is 0 Å². The zero-order chi connectivity index (χ0) is 14.0. The van der Waals surface area contributed by atoms with E-state index in [4.69, 9.17) is 4.52 Å². The third-order valence-corrected chi connectivity index (χ3v) is 6.02. The van der Waals surface area contributed by atoms with Gasteiger partial charge in [-0.05, 0) is 39.0 Å². The second-order valence-corrected chi connectivity index (χ2v) is 8.13. The van der Waals surface area contributed by atoms with E-state index >= 15 is 0 Å². The van der Waals surface area contributed by atoms with E-state index in [-0.39, 0.29) is 4.90 Å². The molecule has 1 aromatic rings. The molecule has 2 unspecified atom stereocenters. The zero-order valence-corrected chi connectivity index (χ0v) is 13.6. The van der Waals surface area contributed by atoms with Gasteiger partial charge >= 0.3 is 0 Å². The van der Waals surface area contributed by atoms with Crippen molar-refractivity contribution < 1.29 is 12.9 Å². The molecule has 1 N–H and O–H groups in total.